The van der Waals surface area contributed by atoms with Crippen LogP contribution in [0.15, 0.2) is 16.5 Å². The molecule has 1 aromatic heterocycles. The highest BCUT2D eigenvalue weighted by Crippen LogP contribution is 2.39. The van der Waals surface area contributed by atoms with Crippen LogP contribution in [0.3, 0.4) is 0 Å². The number of nitrogens with zero attached hydrogens (tertiary/aromatic N) is 1. The fourth-order valence-corrected chi connectivity index (χ4v) is 4.15. The van der Waals surface area contributed by atoms with E-state index in [1.54, 1.807) is 0 Å². The molecule has 3 atom stereocenters. The van der Waals surface area contributed by atoms with Crippen LogP contribution in [-0.4, -0.2) is 29.4 Å². The molecule has 3 unspecified atom stereocenters. The van der Waals surface area contributed by atoms with Crippen molar-refractivity contribution < 1.29 is 9.21 Å². The molecule has 21 heavy (non-hydrogen) atoms. The number of carbonyl (C=O) groups excluding carboxylic acids is 1. The molecule has 2 aliphatic carbocycles. The van der Waals surface area contributed by atoms with E-state index in [1.165, 1.54) is 19.3 Å². The van der Waals surface area contributed by atoms with E-state index in [0.29, 0.717) is 24.4 Å². The molecule has 4 rings (SSSR count). The van der Waals surface area contributed by atoms with E-state index in [-0.39, 0.29) is 6.04 Å². The number of hydrogen-bond donors (Lipinski definition) is 1. The first kappa shape index (κ1) is 13.4. The normalized spacial score (nSPS) is 31.4. The maximum atomic E-state index is 13.0. The molecule has 0 radical (unpaired) electrons. The Bertz CT molecular complexity index is 535. The van der Waals surface area contributed by atoms with E-state index in [9.17, 15) is 4.79 Å². The van der Waals surface area contributed by atoms with Crippen LogP contribution in [0.25, 0.3) is 0 Å². The first-order chi connectivity index (χ1) is 10.2. The quantitative estimate of drug-likeness (QED) is 0.925. The first-order valence-electron chi connectivity index (χ1n) is 8.31. The van der Waals surface area contributed by atoms with E-state index in [0.717, 1.165) is 36.8 Å². The summed E-state index contributed by atoms with van der Waals surface area (Å²) < 4.78 is 5.68. The Labute approximate surface area is 125 Å². The molecule has 1 aromatic rings. The first-order valence-corrected chi connectivity index (χ1v) is 8.31. The van der Waals surface area contributed by atoms with Gasteiger partial charge in [0.15, 0.2) is 0 Å². The summed E-state index contributed by atoms with van der Waals surface area (Å²) in [5, 5.41) is 3.49. The summed E-state index contributed by atoms with van der Waals surface area (Å²) >= 11 is 0. The minimum Gasteiger partial charge on any atom is -0.464 e. The minimum atomic E-state index is 0.0501. The SMILES string of the molecule is Cc1ccc(CN(C(=O)C2NCC3CCCC32)C2CC2)o1. The summed E-state index contributed by atoms with van der Waals surface area (Å²) in [6.07, 6.45) is 6.09. The Morgan fingerprint density at radius 3 is 2.90 bits per heavy atom. The van der Waals surface area contributed by atoms with Gasteiger partial charge in [-0.1, -0.05) is 6.42 Å². The highest BCUT2D eigenvalue weighted by Gasteiger charge is 2.46. The molecule has 1 N–H and O–H groups in total. The van der Waals surface area contributed by atoms with Crippen LogP contribution in [-0.2, 0) is 11.3 Å². The van der Waals surface area contributed by atoms with Gasteiger partial charge in [-0.3, -0.25) is 4.79 Å². The van der Waals surface area contributed by atoms with Gasteiger partial charge in [0.25, 0.3) is 0 Å². The molecule has 114 valence electrons. The van der Waals surface area contributed by atoms with Crippen molar-refractivity contribution in [3.63, 3.8) is 0 Å². The van der Waals surface area contributed by atoms with Crippen LogP contribution in [0.4, 0.5) is 0 Å². The fourth-order valence-electron chi connectivity index (χ4n) is 4.15. The molecule has 0 aromatic carbocycles. The second kappa shape index (κ2) is 5.16. The van der Waals surface area contributed by atoms with Gasteiger partial charge in [-0.25, -0.2) is 0 Å². The zero-order valence-electron chi connectivity index (χ0n) is 12.7. The van der Waals surface area contributed by atoms with Gasteiger partial charge in [-0.05, 0) is 63.1 Å². The van der Waals surface area contributed by atoms with Crippen molar-refractivity contribution in [1.29, 1.82) is 0 Å². The summed E-state index contributed by atoms with van der Waals surface area (Å²) in [6.45, 7) is 3.61. The Hall–Kier alpha value is -1.29. The van der Waals surface area contributed by atoms with Crippen LogP contribution in [0.5, 0.6) is 0 Å². The summed E-state index contributed by atoms with van der Waals surface area (Å²) in [5.41, 5.74) is 0. The monoisotopic (exact) mass is 288 g/mol. The zero-order valence-corrected chi connectivity index (χ0v) is 12.7. The molecule has 0 spiro atoms. The lowest BCUT2D eigenvalue weighted by Gasteiger charge is -2.27. The summed E-state index contributed by atoms with van der Waals surface area (Å²) in [4.78, 5) is 15.1. The predicted molar refractivity (Wildman–Crippen MR) is 79.6 cm³/mol. The van der Waals surface area contributed by atoms with Crippen molar-refractivity contribution in [3.05, 3.63) is 23.7 Å². The van der Waals surface area contributed by atoms with Gasteiger partial charge in [-0.2, -0.15) is 0 Å². The number of furan rings is 1. The molecule has 2 saturated carbocycles. The smallest absolute Gasteiger partial charge is 0.240 e. The molecule has 2 heterocycles. The van der Waals surface area contributed by atoms with E-state index in [2.05, 4.69) is 10.2 Å². The van der Waals surface area contributed by atoms with E-state index in [1.807, 2.05) is 19.1 Å². The lowest BCUT2D eigenvalue weighted by molar-refractivity contribution is -0.135. The Morgan fingerprint density at radius 2 is 2.19 bits per heavy atom. The van der Waals surface area contributed by atoms with Gasteiger partial charge in [-0.15, -0.1) is 0 Å². The number of fused-ring (bicyclic) bond motifs is 1. The molecule has 0 bridgehead atoms. The molecular formula is C17H24N2O2. The van der Waals surface area contributed by atoms with Crippen molar-refractivity contribution in [2.75, 3.05) is 6.54 Å². The molecule has 3 aliphatic rings. The molecule has 1 amide bonds. The maximum Gasteiger partial charge on any atom is 0.240 e. The number of amides is 1. The second-order valence-corrected chi connectivity index (χ2v) is 6.95. The van der Waals surface area contributed by atoms with E-state index < -0.39 is 0 Å². The topological polar surface area (TPSA) is 45.5 Å². The Kier molecular flexibility index (Phi) is 3.29. The largest absolute Gasteiger partial charge is 0.464 e. The summed E-state index contributed by atoms with van der Waals surface area (Å²) in [5.74, 6) is 3.43. The van der Waals surface area contributed by atoms with Crippen LogP contribution >= 0.6 is 0 Å². The number of carbonyl (C=O) groups is 1. The molecule has 4 nitrogen and oxygen atoms in total. The van der Waals surface area contributed by atoms with Gasteiger partial charge in [0.05, 0.1) is 12.6 Å². The van der Waals surface area contributed by atoms with Gasteiger partial charge in [0.1, 0.15) is 11.5 Å². The van der Waals surface area contributed by atoms with Crippen LogP contribution < -0.4 is 5.32 Å². The Balaban J connectivity index is 1.49. The summed E-state index contributed by atoms with van der Waals surface area (Å²) in [6, 6.07) is 4.46. The van der Waals surface area contributed by atoms with Crippen molar-refractivity contribution in [2.45, 2.75) is 57.7 Å². The van der Waals surface area contributed by atoms with Gasteiger partial charge in [0, 0.05) is 6.04 Å². The van der Waals surface area contributed by atoms with Gasteiger partial charge < -0.3 is 14.6 Å². The van der Waals surface area contributed by atoms with E-state index in [4.69, 9.17) is 4.42 Å². The molecule has 4 heteroatoms. The average molecular weight is 288 g/mol. The van der Waals surface area contributed by atoms with E-state index >= 15 is 0 Å². The number of hydrogen-bond acceptors (Lipinski definition) is 3. The number of aryl methyl sites for hydroxylation is 1. The Morgan fingerprint density at radius 1 is 1.33 bits per heavy atom. The highest BCUT2D eigenvalue weighted by atomic mass is 16.3. The van der Waals surface area contributed by atoms with Gasteiger partial charge in [0.2, 0.25) is 5.91 Å². The van der Waals surface area contributed by atoms with Crippen molar-refractivity contribution in [3.8, 4) is 0 Å². The number of rotatable bonds is 4. The van der Waals surface area contributed by atoms with Crippen LogP contribution in [0, 0.1) is 18.8 Å². The highest BCUT2D eigenvalue weighted by molar-refractivity contribution is 5.83. The van der Waals surface area contributed by atoms with Crippen LogP contribution in [0.2, 0.25) is 0 Å². The molecule has 3 fully saturated rings. The van der Waals surface area contributed by atoms with Crippen molar-refractivity contribution in [2.24, 2.45) is 11.8 Å². The van der Waals surface area contributed by atoms with Gasteiger partial charge >= 0.3 is 0 Å². The third-order valence-corrected chi connectivity index (χ3v) is 5.40. The minimum absolute atomic E-state index is 0.0501. The lowest BCUT2D eigenvalue weighted by Crippen LogP contribution is -2.47. The standard InChI is InChI=1S/C17H24N2O2/c1-11-5-8-14(21-11)10-19(13-6-7-13)17(20)16-15-4-2-3-12(15)9-18-16/h5,8,12-13,15-16,18H,2-4,6-7,9-10H2,1H3. The molecule has 1 aliphatic heterocycles. The third-order valence-electron chi connectivity index (χ3n) is 5.40. The number of nitrogens with one attached hydrogen (secondary N) is 1. The predicted octanol–water partition coefficient (Wildman–Crippen LogP) is 2.47. The molecular weight excluding hydrogens is 264 g/mol. The van der Waals surface area contributed by atoms with Crippen molar-refractivity contribution in [1.82, 2.24) is 10.2 Å². The lowest BCUT2D eigenvalue weighted by atomic mass is 9.93. The average Bonchev–Trinajstić information content (AvgIpc) is 2.87. The molecule has 1 saturated heterocycles. The summed E-state index contributed by atoms with van der Waals surface area (Å²) in [7, 11) is 0. The van der Waals surface area contributed by atoms with Crippen LogP contribution in [0.1, 0.15) is 43.6 Å². The zero-order chi connectivity index (χ0) is 14.4. The third kappa shape index (κ3) is 2.50. The second-order valence-electron chi connectivity index (χ2n) is 6.95. The van der Waals surface area contributed by atoms with Crippen molar-refractivity contribution >= 4 is 5.91 Å². The fraction of sp³-hybridized carbons (Fsp3) is 0.706. The maximum absolute atomic E-state index is 13.0.